The monoisotopic (exact) mass is 398 g/mol. The summed E-state index contributed by atoms with van der Waals surface area (Å²) in [5.74, 6) is 0. The van der Waals surface area contributed by atoms with Crippen LogP contribution < -0.4 is 0 Å². The molecule has 124 valence electrons. The van der Waals surface area contributed by atoms with Gasteiger partial charge in [0.15, 0.2) is 0 Å². The predicted molar refractivity (Wildman–Crippen MR) is 112 cm³/mol. The fourth-order valence-corrected chi connectivity index (χ4v) is 3.86. The molecule has 0 aliphatic carbocycles. The van der Waals surface area contributed by atoms with Crippen LogP contribution in [0.3, 0.4) is 0 Å². The normalized spacial score (nSPS) is 11.3. The SMILES string of the molecule is Brc1ccc2c3cccnc3n(-c3ccc(-c4ccccc4)cc3)c2c1. The molecular formula is C23H15BrN2. The summed E-state index contributed by atoms with van der Waals surface area (Å²) in [4.78, 5) is 4.65. The molecule has 0 unspecified atom stereocenters. The lowest BCUT2D eigenvalue weighted by Crippen LogP contribution is -1.95. The molecular weight excluding hydrogens is 384 g/mol. The van der Waals surface area contributed by atoms with Crippen LogP contribution in [0, 0.1) is 0 Å². The zero-order valence-electron chi connectivity index (χ0n) is 13.9. The van der Waals surface area contributed by atoms with Gasteiger partial charge in [0.2, 0.25) is 0 Å². The van der Waals surface area contributed by atoms with Crippen molar-refractivity contribution < 1.29 is 0 Å². The molecule has 0 radical (unpaired) electrons. The molecule has 26 heavy (non-hydrogen) atoms. The average molecular weight is 399 g/mol. The number of hydrogen-bond donors (Lipinski definition) is 0. The Balaban J connectivity index is 1.74. The van der Waals surface area contributed by atoms with Gasteiger partial charge in [0.1, 0.15) is 5.65 Å². The highest BCUT2D eigenvalue weighted by molar-refractivity contribution is 9.10. The maximum atomic E-state index is 4.65. The molecule has 0 amide bonds. The summed E-state index contributed by atoms with van der Waals surface area (Å²) in [5.41, 5.74) is 5.68. The number of benzene rings is 3. The summed E-state index contributed by atoms with van der Waals surface area (Å²) in [7, 11) is 0. The minimum Gasteiger partial charge on any atom is -0.294 e. The van der Waals surface area contributed by atoms with Crippen LogP contribution in [-0.4, -0.2) is 9.55 Å². The van der Waals surface area contributed by atoms with Gasteiger partial charge in [-0.25, -0.2) is 4.98 Å². The Morgan fingerprint density at radius 3 is 2.27 bits per heavy atom. The van der Waals surface area contributed by atoms with Crippen molar-refractivity contribution in [1.82, 2.24) is 9.55 Å². The summed E-state index contributed by atoms with van der Waals surface area (Å²) < 4.78 is 3.29. The Bertz CT molecular complexity index is 1220. The van der Waals surface area contributed by atoms with E-state index in [1.165, 1.54) is 21.9 Å². The first kappa shape index (κ1) is 15.4. The minimum absolute atomic E-state index is 0.980. The van der Waals surface area contributed by atoms with Crippen molar-refractivity contribution in [3.05, 3.63) is 95.6 Å². The number of hydrogen-bond acceptors (Lipinski definition) is 1. The maximum Gasteiger partial charge on any atom is 0.145 e. The zero-order valence-corrected chi connectivity index (χ0v) is 15.5. The molecule has 0 aliphatic heterocycles. The Hall–Kier alpha value is -2.91. The van der Waals surface area contributed by atoms with E-state index in [-0.39, 0.29) is 0 Å². The molecule has 3 heteroatoms. The molecule has 0 atom stereocenters. The highest BCUT2D eigenvalue weighted by atomic mass is 79.9. The van der Waals surface area contributed by atoms with Gasteiger partial charge >= 0.3 is 0 Å². The van der Waals surface area contributed by atoms with Gasteiger partial charge in [0.25, 0.3) is 0 Å². The molecule has 0 N–H and O–H groups in total. The van der Waals surface area contributed by atoms with E-state index in [1.54, 1.807) is 0 Å². The van der Waals surface area contributed by atoms with Gasteiger partial charge in [-0.15, -0.1) is 0 Å². The molecule has 2 heterocycles. The topological polar surface area (TPSA) is 17.8 Å². The van der Waals surface area contributed by atoms with Gasteiger partial charge in [-0.3, -0.25) is 4.57 Å². The molecule has 0 saturated carbocycles. The van der Waals surface area contributed by atoms with Crippen molar-refractivity contribution in [1.29, 1.82) is 0 Å². The van der Waals surface area contributed by atoms with E-state index in [0.29, 0.717) is 0 Å². The van der Waals surface area contributed by atoms with Crippen molar-refractivity contribution in [3.63, 3.8) is 0 Å². The fourth-order valence-electron chi connectivity index (χ4n) is 3.51. The lowest BCUT2D eigenvalue weighted by Gasteiger charge is -2.09. The smallest absolute Gasteiger partial charge is 0.145 e. The summed E-state index contributed by atoms with van der Waals surface area (Å²) in [6.07, 6.45) is 1.85. The number of halogens is 1. The second kappa shape index (κ2) is 6.11. The quantitative estimate of drug-likeness (QED) is 0.327. The highest BCUT2D eigenvalue weighted by Gasteiger charge is 2.13. The number of pyridine rings is 1. The van der Waals surface area contributed by atoms with E-state index in [2.05, 4.69) is 98.3 Å². The van der Waals surface area contributed by atoms with Crippen molar-refractivity contribution in [2.45, 2.75) is 0 Å². The van der Waals surface area contributed by atoms with E-state index in [4.69, 9.17) is 0 Å². The molecule has 5 rings (SSSR count). The van der Waals surface area contributed by atoms with Crippen LogP contribution in [0.1, 0.15) is 0 Å². The van der Waals surface area contributed by atoms with Crippen molar-refractivity contribution in [2.75, 3.05) is 0 Å². The third kappa shape index (κ3) is 2.44. The summed E-state index contributed by atoms with van der Waals surface area (Å²) in [6.45, 7) is 0. The summed E-state index contributed by atoms with van der Waals surface area (Å²) in [5, 5.41) is 2.38. The first-order valence-corrected chi connectivity index (χ1v) is 9.31. The van der Waals surface area contributed by atoms with Crippen LogP contribution >= 0.6 is 15.9 Å². The molecule has 2 nitrogen and oxygen atoms in total. The van der Waals surface area contributed by atoms with E-state index < -0.39 is 0 Å². The molecule has 0 spiro atoms. The fraction of sp³-hybridized carbons (Fsp3) is 0. The number of nitrogens with zero attached hydrogens (tertiary/aromatic N) is 2. The second-order valence-corrected chi connectivity index (χ2v) is 7.20. The van der Waals surface area contributed by atoms with Gasteiger partial charge in [0, 0.05) is 27.1 Å². The Labute approximate surface area is 159 Å². The Kier molecular flexibility index (Phi) is 3.61. The van der Waals surface area contributed by atoms with Crippen molar-refractivity contribution in [3.8, 4) is 16.8 Å². The van der Waals surface area contributed by atoms with E-state index >= 15 is 0 Å². The van der Waals surface area contributed by atoms with Crippen LogP contribution in [0.2, 0.25) is 0 Å². The number of rotatable bonds is 2. The van der Waals surface area contributed by atoms with Crippen LogP contribution in [0.25, 0.3) is 38.8 Å². The third-order valence-electron chi connectivity index (χ3n) is 4.72. The first-order valence-electron chi connectivity index (χ1n) is 8.52. The highest BCUT2D eigenvalue weighted by Crippen LogP contribution is 2.33. The van der Waals surface area contributed by atoms with Gasteiger partial charge in [-0.2, -0.15) is 0 Å². The minimum atomic E-state index is 0.980. The summed E-state index contributed by atoms with van der Waals surface area (Å²) >= 11 is 3.60. The van der Waals surface area contributed by atoms with E-state index in [1.807, 2.05) is 18.3 Å². The van der Waals surface area contributed by atoms with E-state index in [0.717, 1.165) is 21.3 Å². The molecule has 0 saturated heterocycles. The number of aromatic nitrogens is 2. The lowest BCUT2D eigenvalue weighted by molar-refractivity contribution is 1.14. The second-order valence-electron chi connectivity index (χ2n) is 6.28. The molecule has 0 aliphatic rings. The standard InChI is InChI=1S/C23H15BrN2/c24-18-10-13-20-21-7-4-14-25-23(21)26(22(20)15-18)19-11-8-17(9-12-19)16-5-2-1-3-6-16/h1-15H. The van der Waals surface area contributed by atoms with Gasteiger partial charge in [0.05, 0.1) is 5.52 Å². The van der Waals surface area contributed by atoms with Crippen molar-refractivity contribution >= 4 is 37.9 Å². The van der Waals surface area contributed by atoms with Crippen LogP contribution in [0.4, 0.5) is 0 Å². The van der Waals surface area contributed by atoms with Crippen LogP contribution in [-0.2, 0) is 0 Å². The van der Waals surface area contributed by atoms with E-state index in [9.17, 15) is 0 Å². The molecule has 3 aromatic carbocycles. The van der Waals surface area contributed by atoms with Gasteiger partial charge < -0.3 is 0 Å². The molecule has 5 aromatic rings. The largest absolute Gasteiger partial charge is 0.294 e. The number of fused-ring (bicyclic) bond motifs is 3. The average Bonchev–Trinajstić information content (AvgIpc) is 3.02. The first-order chi connectivity index (χ1) is 12.8. The Morgan fingerprint density at radius 2 is 1.46 bits per heavy atom. The predicted octanol–water partition coefficient (Wildman–Crippen LogP) is 6.61. The molecule has 2 aromatic heterocycles. The van der Waals surface area contributed by atoms with Crippen molar-refractivity contribution in [2.24, 2.45) is 0 Å². The Morgan fingerprint density at radius 1 is 0.692 bits per heavy atom. The third-order valence-corrected chi connectivity index (χ3v) is 5.22. The van der Waals surface area contributed by atoms with Crippen LogP contribution in [0.5, 0.6) is 0 Å². The summed E-state index contributed by atoms with van der Waals surface area (Å²) in [6, 6.07) is 29.6. The molecule has 0 fully saturated rings. The zero-order chi connectivity index (χ0) is 17.5. The lowest BCUT2D eigenvalue weighted by atomic mass is 10.1. The van der Waals surface area contributed by atoms with Gasteiger partial charge in [-0.05, 0) is 47.5 Å². The van der Waals surface area contributed by atoms with Gasteiger partial charge in [-0.1, -0.05) is 64.5 Å². The maximum absolute atomic E-state index is 4.65. The molecule has 0 bridgehead atoms. The van der Waals surface area contributed by atoms with Crippen LogP contribution in [0.15, 0.2) is 95.6 Å².